The van der Waals surface area contributed by atoms with E-state index in [0.717, 1.165) is 37.1 Å². The van der Waals surface area contributed by atoms with Gasteiger partial charge in [-0.1, -0.05) is 12.1 Å². The van der Waals surface area contributed by atoms with Gasteiger partial charge in [0.1, 0.15) is 11.5 Å². The lowest BCUT2D eigenvalue weighted by Gasteiger charge is -2.38. The van der Waals surface area contributed by atoms with Crippen molar-refractivity contribution in [1.29, 1.82) is 0 Å². The Morgan fingerprint density at radius 2 is 1.31 bits per heavy atom. The quantitative estimate of drug-likeness (QED) is 0.243. The summed E-state index contributed by atoms with van der Waals surface area (Å²) in [6.07, 6.45) is 2.81. The number of ether oxygens (including phenoxy) is 7. The minimum atomic E-state index is -0.250. The first-order valence-corrected chi connectivity index (χ1v) is 16.6. The number of benzene rings is 4. The van der Waals surface area contributed by atoms with Crippen LogP contribution >= 0.6 is 0 Å². The predicted octanol–water partition coefficient (Wildman–Crippen LogP) is 6.88. The Bertz CT molecular complexity index is 1880. The summed E-state index contributed by atoms with van der Waals surface area (Å²) in [5.74, 6) is 4.98. The summed E-state index contributed by atoms with van der Waals surface area (Å²) in [6, 6.07) is 15.8. The molecule has 4 aromatic rings. The van der Waals surface area contributed by atoms with Gasteiger partial charge in [-0.15, -0.1) is 0 Å². The summed E-state index contributed by atoms with van der Waals surface area (Å²) in [4.78, 5) is 4.66. The Kier molecular flexibility index (Phi) is 8.85. The first kappa shape index (κ1) is 32.7. The van der Waals surface area contributed by atoms with Crippen LogP contribution in [0.3, 0.4) is 0 Å². The van der Waals surface area contributed by atoms with Crippen molar-refractivity contribution in [2.75, 3.05) is 62.7 Å². The van der Waals surface area contributed by atoms with Gasteiger partial charge in [-0.2, -0.15) is 0 Å². The van der Waals surface area contributed by atoms with Crippen LogP contribution in [-0.2, 0) is 25.7 Å². The fourth-order valence-corrected chi connectivity index (χ4v) is 7.63. The van der Waals surface area contributed by atoms with Crippen molar-refractivity contribution >= 4 is 0 Å². The van der Waals surface area contributed by atoms with E-state index in [2.05, 4.69) is 48.2 Å². The van der Waals surface area contributed by atoms with E-state index in [1.807, 2.05) is 18.2 Å². The van der Waals surface area contributed by atoms with Gasteiger partial charge in [0, 0.05) is 42.4 Å². The Hall–Kier alpha value is -4.80. The highest BCUT2D eigenvalue weighted by molar-refractivity contribution is 5.70. The zero-order valence-electron chi connectivity index (χ0n) is 29.2. The molecule has 0 saturated carbocycles. The van der Waals surface area contributed by atoms with Gasteiger partial charge in [0.15, 0.2) is 34.5 Å². The van der Waals surface area contributed by atoms with E-state index in [1.54, 1.807) is 41.6 Å². The molecule has 1 N–H and O–H groups in total. The van der Waals surface area contributed by atoms with Gasteiger partial charge in [-0.05, 0) is 92.4 Å². The number of hydrogen-bond acceptors (Lipinski definition) is 10. The van der Waals surface area contributed by atoms with Crippen molar-refractivity contribution in [2.45, 2.75) is 37.8 Å². The molecule has 4 aliphatic heterocycles. The number of hydrogen-bond donors (Lipinski definition) is 1. The van der Waals surface area contributed by atoms with E-state index in [9.17, 15) is 5.11 Å². The van der Waals surface area contributed by atoms with Crippen LogP contribution in [0.5, 0.6) is 57.5 Å². The number of likely N-dealkylation sites (N-methyl/N-ethyl adjacent to an activating group) is 2. The minimum absolute atomic E-state index is 0.107. The average Bonchev–Trinajstić information content (AvgIpc) is 3.11. The lowest BCUT2D eigenvalue weighted by Crippen LogP contribution is -2.34. The van der Waals surface area contributed by atoms with Gasteiger partial charge in [-0.25, -0.2) is 0 Å². The Morgan fingerprint density at radius 3 is 2.00 bits per heavy atom. The van der Waals surface area contributed by atoms with Gasteiger partial charge in [-0.3, -0.25) is 9.80 Å². The first-order valence-electron chi connectivity index (χ1n) is 16.6. The second-order valence-electron chi connectivity index (χ2n) is 12.9. The van der Waals surface area contributed by atoms with Crippen LogP contribution in [0, 0.1) is 0 Å². The fourth-order valence-electron chi connectivity index (χ4n) is 7.63. The number of methoxy groups -OCH3 is 5. The molecule has 2 atom stereocenters. The van der Waals surface area contributed by atoms with Crippen LogP contribution in [0.1, 0.15) is 45.5 Å². The minimum Gasteiger partial charge on any atom is -0.508 e. The smallest absolute Gasteiger partial charge is 0.208 e. The molecule has 6 bridgehead atoms. The largest absolute Gasteiger partial charge is 0.508 e. The van der Waals surface area contributed by atoms with Crippen molar-refractivity contribution < 1.29 is 38.3 Å². The fraction of sp³-hybridized carbons (Fsp3) is 0.385. The molecule has 258 valence electrons. The Balaban J connectivity index is 1.51. The second-order valence-corrected chi connectivity index (χ2v) is 12.9. The van der Waals surface area contributed by atoms with Crippen molar-refractivity contribution in [2.24, 2.45) is 0 Å². The maximum Gasteiger partial charge on any atom is 0.208 e. The predicted molar refractivity (Wildman–Crippen MR) is 186 cm³/mol. The van der Waals surface area contributed by atoms with Crippen LogP contribution < -0.4 is 33.2 Å². The Labute approximate surface area is 287 Å². The van der Waals surface area contributed by atoms with Crippen LogP contribution in [0.4, 0.5) is 0 Å². The normalized spacial score (nSPS) is 18.7. The molecular weight excluding hydrogens is 624 g/mol. The molecule has 0 saturated heterocycles. The van der Waals surface area contributed by atoms with Crippen molar-refractivity contribution in [3.05, 3.63) is 81.9 Å². The van der Waals surface area contributed by atoms with E-state index < -0.39 is 0 Å². The maximum absolute atomic E-state index is 11.3. The van der Waals surface area contributed by atoms with E-state index in [-0.39, 0.29) is 17.8 Å². The van der Waals surface area contributed by atoms with Crippen molar-refractivity contribution in [3.63, 3.8) is 0 Å². The van der Waals surface area contributed by atoms with Crippen molar-refractivity contribution in [3.8, 4) is 57.5 Å². The molecule has 0 radical (unpaired) electrons. The summed E-state index contributed by atoms with van der Waals surface area (Å²) in [7, 11) is 12.3. The summed E-state index contributed by atoms with van der Waals surface area (Å²) >= 11 is 0. The van der Waals surface area contributed by atoms with Gasteiger partial charge in [0.25, 0.3) is 0 Å². The van der Waals surface area contributed by atoms with Gasteiger partial charge >= 0.3 is 0 Å². The molecule has 0 amide bonds. The molecule has 4 aromatic carbocycles. The maximum atomic E-state index is 11.3. The average molecular weight is 669 g/mol. The van der Waals surface area contributed by atoms with Gasteiger partial charge < -0.3 is 38.3 Å². The number of phenolic OH excluding ortho intramolecular Hbond substituents is 1. The highest BCUT2D eigenvalue weighted by atomic mass is 16.6. The third-order valence-corrected chi connectivity index (χ3v) is 10.3. The monoisotopic (exact) mass is 668 g/mol. The molecule has 10 nitrogen and oxygen atoms in total. The molecule has 0 fully saturated rings. The third kappa shape index (κ3) is 5.72. The summed E-state index contributed by atoms with van der Waals surface area (Å²) < 4.78 is 43.1. The summed E-state index contributed by atoms with van der Waals surface area (Å²) in [5, 5.41) is 11.3. The van der Waals surface area contributed by atoms with E-state index in [1.165, 1.54) is 16.7 Å². The molecule has 0 unspecified atom stereocenters. The highest BCUT2D eigenvalue weighted by Gasteiger charge is 2.38. The molecule has 0 spiro atoms. The zero-order chi connectivity index (χ0) is 34.4. The van der Waals surface area contributed by atoms with E-state index in [4.69, 9.17) is 33.2 Å². The summed E-state index contributed by atoms with van der Waals surface area (Å²) in [6.45, 7) is 1.67. The zero-order valence-corrected chi connectivity index (χ0v) is 29.2. The van der Waals surface area contributed by atoms with Crippen LogP contribution in [0.2, 0.25) is 0 Å². The van der Waals surface area contributed by atoms with E-state index in [0.29, 0.717) is 70.2 Å². The summed E-state index contributed by atoms with van der Waals surface area (Å²) in [5.41, 5.74) is 6.15. The van der Waals surface area contributed by atoms with Crippen LogP contribution in [-0.4, -0.2) is 77.6 Å². The van der Waals surface area contributed by atoms with Crippen LogP contribution in [0.25, 0.3) is 0 Å². The van der Waals surface area contributed by atoms with E-state index >= 15 is 0 Å². The third-order valence-electron chi connectivity index (χ3n) is 10.3. The molecule has 8 rings (SSSR count). The molecule has 4 aliphatic rings. The SMILES string of the molecule is COc1cc(O)c2cc1Oc1ccc(cc1)C[C@H]1c3cc(c(OC)cc3CCN1C)Oc1c(OC)c(OC)c(OC)c3c1[C@@H](C2)N(C)CC3. The number of fused-ring (bicyclic) bond motifs is 2. The number of rotatable bonds is 5. The lowest BCUT2D eigenvalue weighted by atomic mass is 9.86. The molecule has 49 heavy (non-hydrogen) atoms. The number of nitrogens with zero attached hydrogens (tertiary/aromatic N) is 2. The highest BCUT2D eigenvalue weighted by Crippen LogP contribution is 2.56. The molecule has 0 aliphatic carbocycles. The van der Waals surface area contributed by atoms with Crippen LogP contribution in [0.15, 0.2) is 48.5 Å². The standard InChI is InChI=1S/C39H44N2O8/c1-40-14-12-23-18-31(43-3)34-20-27(23)28(40)16-22-8-10-25(11-9-22)48-33-19-24(30(42)21-32(33)44-4)17-29-35-26(13-15-41(29)2)36(45-5)38(46-6)39(47-7)37(35)49-34/h8-11,18-21,28-29,42H,12-17H2,1-7H3/t28-,29+/m0/s1. The second kappa shape index (κ2) is 13.2. The molecular formula is C39H44N2O8. The topological polar surface area (TPSA) is 91.3 Å². The van der Waals surface area contributed by atoms with Crippen molar-refractivity contribution in [1.82, 2.24) is 9.80 Å². The number of phenols is 1. The molecule has 4 heterocycles. The van der Waals surface area contributed by atoms with Gasteiger partial charge in [0.05, 0.1) is 35.5 Å². The molecule has 0 aromatic heterocycles. The van der Waals surface area contributed by atoms with Gasteiger partial charge in [0.2, 0.25) is 11.5 Å². The first-order chi connectivity index (χ1) is 23.8. The lowest BCUT2D eigenvalue weighted by molar-refractivity contribution is 0.215. The number of aromatic hydroxyl groups is 1. The molecule has 10 heteroatoms. The Morgan fingerprint density at radius 1 is 0.653 bits per heavy atom.